The summed E-state index contributed by atoms with van der Waals surface area (Å²) in [4.78, 5) is 24.5. The highest BCUT2D eigenvalue weighted by Gasteiger charge is 2.26. The Bertz CT molecular complexity index is 800. The highest BCUT2D eigenvalue weighted by atomic mass is 19.1. The second kappa shape index (κ2) is 8.20. The monoisotopic (exact) mass is 374 g/mol. The largest absolute Gasteiger partial charge is 0.497 e. The topological polar surface area (TPSA) is 67.8 Å². The van der Waals surface area contributed by atoms with Crippen LogP contribution in [0.25, 0.3) is 0 Å². The van der Waals surface area contributed by atoms with Gasteiger partial charge in [0.05, 0.1) is 19.9 Å². The minimum absolute atomic E-state index is 0.107. The van der Waals surface area contributed by atoms with Crippen molar-refractivity contribution in [1.29, 1.82) is 0 Å². The molecule has 0 bridgehead atoms. The number of amides is 1. The van der Waals surface area contributed by atoms with Gasteiger partial charge < -0.3 is 19.3 Å². The number of aryl methyl sites for hydroxylation is 1. The van der Waals surface area contributed by atoms with E-state index < -0.39 is 0 Å². The molecule has 1 aliphatic rings. The number of carbonyl (C=O) groups excluding carboxylic acids is 1. The summed E-state index contributed by atoms with van der Waals surface area (Å²) < 4.78 is 24.9. The Balaban J connectivity index is 1.72. The van der Waals surface area contributed by atoms with Gasteiger partial charge in [0.25, 0.3) is 5.91 Å². The van der Waals surface area contributed by atoms with E-state index in [9.17, 15) is 9.18 Å². The maximum atomic E-state index is 14.5. The first-order chi connectivity index (χ1) is 13.1. The lowest BCUT2D eigenvalue weighted by atomic mass is 10.1. The maximum Gasteiger partial charge on any atom is 0.254 e. The molecule has 0 unspecified atom stereocenters. The van der Waals surface area contributed by atoms with Gasteiger partial charge in [-0.3, -0.25) is 4.79 Å². The van der Waals surface area contributed by atoms with Gasteiger partial charge in [-0.15, -0.1) is 0 Å². The highest BCUT2D eigenvalue weighted by molar-refractivity contribution is 5.95. The van der Waals surface area contributed by atoms with Crippen LogP contribution in [0.15, 0.2) is 24.5 Å². The fraction of sp³-hybridized carbons (Fsp3) is 0.421. The van der Waals surface area contributed by atoms with Crippen molar-refractivity contribution in [2.75, 3.05) is 45.3 Å². The van der Waals surface area contributed by atoms with Crippen LogP contribution >= 0.6 is 0 Å². The molecule has 2 heterocycles. The molecule has 1 aliphatic heterocycles. The van der Waals surface area contributed by atoms with Crippen molar-refractivity contribution < 1.29 is 18.7 Å². The lowest BCUT2D eigenvalue weighted by molar-refractivity contribution is 0.0745. The molecule has 0 saturated carbocycles. The van der Waals surface area contributed by atoms with Crippen LogP contribution in [0.2, 0.25) is 0 Å². The molecule has 144 valence electrons. The summed E-state index contributed by atoms with van der Waals surface area (Å²) in [6.45, 7) is 3.81. The number of hydrogen-bond acceptors (Lipinski definition) is 6. The number of methoxy groups -OCH3 is 2. The van der Waals surface area contributed by atoms with Crippen molar-refractivity contribution in [2.45, 2.75) is 13.3 Å². The summed E-state index contributed by atoms with van der Waals surface area (Å²) in [6.07, 6.45) is 1.90. The van der Waals surface area contributed by atoms with Crippen molar-refractivity contribution in [3.05, 3.63) is 41.6 Å². The summed E-state index contributed by atoms with van der Waals surface area (Å²) >= 11 is 0. The van der Waals surface area contributed by atoms with E-state index in [0.717, 1.165) is 0 Å². The fourth-order valence-corrected chi connectivity index (χ4v) is 3.10. The smallest absolute Gasteiger partial charge is 0.254 e. The number of benzene rings is 1. The molecule has 27 heavy (non-hydrogen) atoms. The molecule has 1 aromatic heterocycles. The molecular weight excluding hydrogens is 351 g/mol. The van der Waals surface area contributed by atoms with E-state index in [1.807, 2.05) is 11.8 Å². The Labute approximate surface area is 157 Å². The van der Waals surface area contributed by atoms with Crippen LogP contribution in [-0.2, 0) is 6.42 Å². The first-order valence-electron chi connectivity index (χ1n) is 8.84. The molecule has 1 fully saturated rings. The van der Waals surface area contributed by atoms with Crippen LogP contribution in [-0.4, -0.2) is 61.2 Å². The third kappa shape index (κ3) is 3.94. The molecule has 0 atom stereocenters. The van der Waals surface area contributed by atoms with Gasteiger partial charge in [0.2, 0.25) is 0 Å². The maximum absolute atomic E-state index is 14.5. The summed E-state index contributed by atoms with van der Waals surface area (Å²) in [5.74, 6) is 0.941. The Morgan fingerprint density at radius 3 is 2.26 bits per heavy atom. The van der Waals surface area contributed by atoms with Crippen molar-refractivity contribution in [3.8, 4) is 11.5 Å². The minimum Gasteiger partial charge on any atom is -0.497 e. The molecule has 8 heteroatoms. The predicted molar refractivity (Wildman–Crippen MR) is 99.0 cm³/mol. The van der Waals surface area contributed by atoms with Gasteiger partial charge >= 0.3 is 0 Å². The number of carbonyl (C=O) groups is 1. The van der Waals surface area contributed by atoms with E-state index in [1.165, 1.54) is 6.33 Å². The van der Waals surface area contributed by atoms with E-state index in [1.54, 1.807) is 37.3 Å². The first kappa shape index (κ1) is 18.9. The zero-order chi connectivity index (χ0) is 19.4. The van der Waals surface area contributed by atoms with E-state index in [-0.39, 0.29) is 11.7 Å². The average molecular weight is 374 g/mol. The Hall–Kier alpha value is -2.90. The van der Waals surface area contributed by atoms with Gasteiger partial charge in [0.15, 0.2) is 11.6 Å². The van der Waals surface area contributed by atoms with Crippen LogP contribution in [0.1, 0.15) is 23.0 Å². The van der Waals surface area contributed by atoms with Crippen LogP contribution in [0.3, 0.4) is 0 Å². The SMILES string of the molecule is CCc1ncnc(N2CCN(C(=O)c3cc(OC)cc(OC)c3)CC2)c1F. The molecule has 7 nitrogen and oxygen atoms in total. The van der Waals surface area contributed by atoms with E-state index >= 15 is 0 Å². The Kier molecular flexibility index (Phi) is 5.73. The highest BCUT2D eigenvalue weighted by Crippen LogP contribution is 2.25. The molecule has 1 saturated heterocycles. The van der Waals surface area contributed by atoms with Crippen molar-refractivity contribution in [2.24, 2.45) is 0 Å². The normalized spacial score (nSPS) is 14.2. The van der Waals surface area contributed by atoms with Crippen molar-refractivity contribution >= 4 is 11.7 Å². The summed E-state index contributed by atoms with van der Waals surface area (Å²) in [6, 6.07) is 5.10. The lowest BCUT2D eigenvalue weighted by Crippen LogP contribution is -2.49. The van der Waals surface area contributed by atoms with Crippen LogP contribution in [0, 0.1) is 5.82 Å². The van der Waals surface area contributed by atoms with Gasteiger partial charge in [-0.25, -0.2) is 14.4 Å². The van der Waals surface area contributed by atoms with Gasteiger partial charge in [-0.05, 0) is 18.6 Å². The first-order valence-corrected chi connectivity index (χ1v) is 8.84. The minimum atomic E-state index is -0.377. The van der Waals surface area contributed by atoms with Crippen LogP contribution < -0.4 is 14.4 Å². The van der Waals surface area contributed by atoms with Crippen molar-refractivity contribution in [1.82, 2.24) is 14.9 Å². The number of rotatable bonds is 5. The number of piperazine rings is 1. The van der Waals surface area contributed by atoms with Crippen LogP contribution in [0.5, 0.6) is 11.5 Å². The van der Waals surface area contributed by atoms with Gasteiger partial charge in [0, 0.05) is 37.8 Å². The molecule has 2 aromatic rings. The molecule has 0 N–H and O–H groups in total. The Morgan fingerprint density at radius 1 is 1.07 bits per heavy atom. The molecular formula is C19H23FN4O3. The average Bonchev–Trinajstić information content (AvgIpc) is 2.73. The molecule has 3 rings (SSSR count). The van der Waals surface area contributed by atoms with E-state index in [2.05, 4.69) is 9.97 Å². The van der Waals surface area contributed by atoms with Crippen molar-refractivity contribution in [3.63, 3.8) is 0 Å². The second-order valence-corrected chi connectivity index (χ2v) is 6.19. The Morgan fingerprint density at radius 2 is 1.70 bits per heavy atom. The summed E-state index contributed by atoms with van der Waals surface area (Å²) in [7, 11) is 3.09. The number of anilines is 1. The molecule has 0 spiro atoms. The van der Waals surface area contributed by atoms with Gasteiger partial charge in [0.1, 0.15) is 17.8 Å². The molecule has 0 aliphatic carbocycles. The molecule has 0 radical (unpaired) electrons. The van der Waals surface area contributed by atoms with Gasteiger partial charge in [-0.2, -0.15) is 0 Å². The number of halogens is 1. The molecule has 1 aromatic carbocycles. The number of hydrogen-bond donors (Lipinski definition) is 0. The van der Waals surface area contributed by atoms with Crippen LogP contribution in [0.4, 0.5) is 10.2 Å². The van der Waals surface area contributed by atoms with E-state index in [0.29, 0.717) is 61.2 Å². The third-order valence-corrected chi connectivity index (χ3v) is 4.64. The zero-order valence-electron chi connectivity index (χ0n) is 15.7. The second-order valence-electron chi connectivity index (χ2n) is 6.19. The fourth-order valence-electron chi connectivity index (χ4n) is 3.10. The zero-order valence-corrected chi connectivity index (χ0v) is 15.7. The standard InChI is InChI=1S/C19H23FN4O3/c1-4-16-17(20)18(22-12-21-16)23-5-7-24(8-6-23)19(25)13-9-14(26-2)11-15(10-13)27-3/h9-12H,4-8H2,1-3H3. The number of nitrogens with zero attached hydrogens (tertiary/aromatic N) is 4. The molecule has 1 amide bonds. The third-order valence-electron chi connectivity index (χ3n) is 4.64. The predicted octanol–water partition coefficient (Wildman–Crippen LogP) is 2.16. The van der Waals surface area contributed by atoms with Gasteiger partial charge in [-0.1, -0.05) is 6.92 Å². The summed E-state index contributed by atoms with van der Waals surface area (Å²) in [5, 5.41) is 0. The number of aromatic nitrogens is 2. The number of ether oxygens (including phenoxy) is 2. The lowest BCUT2D eigenvalue weighted by Gasteiger charge is -2.35. The quantitative estimate of drug-likeness (QED) is 0.799. The summed E-state index contributed by atoms with van der Waals surface area (Å²) in [5.41, 5.74) is 0.906. The van der Waals surface area contributed by atoms with E-state index in [4.69, 9.17) is 9.47 Å².